The van der Waals surface area contributed by atoms with Crippen LogP contribution in [-0.2, 0) is 6.54 Å². The number of aryl methyl sites for hydroxylation is 1. The minimum atomic E-state index is 0.914. The van der Waals surface area contributed by atoms with Crippen molar-refractivity contribution in [3.05, 3.63) is 36.0 Å². The topological polar surface area (TPSA) is 20.5 Å². The third-order valence-corrected chi connectivity index (χ3v) is 3.43. The molecule has 0 saturated carbocycles. The van der Waals surface area contributed by atoms with Crippen LogP contribution in [0.25, 0.3) is 10.9 Å². The molecule has 88 valence electrons. The second kappa shape index (κ2) is 3.91. The summed E-state index contributed by atoms with van der Waals surface area (Å²) in [7, 11) is 2.11. The molecule has 0 atom stereocenters. The van der Waals surface area contributed by atoms with E-state index in [0.717, 1.165) is 25.5 Å². The smallest absolute Gasteiger partial charge is 0.132 e. The normalized spacial score (nSPS) is 15.6. The van der Waals surface area contributed by atoms with E-state index in [1.807, 2.05) is 0 Å². The first kappa shape index (κ1) is 10.4. The lowest BCUT2D eigenvalue weighted by Crippen LogP contribution is -2.23. The van der Waals surface area contributed by atoms with E-state index in [1.54, 1.807) is 0 Å². The molecule has 0 spiro atoms. The number of rotatable bonds is 2. The van der Waals surface area contributed by atoms with Gasteiger partial charge in [-0.15, -0.1) is 0 Å². The molecule has 2 heterocycles. The maximum Gasteiger partial charge on any atom is 0.132 e. The minimum absolute atomic E-state index is 0.914. The average Bonchev–Trinajstić information content (AvgIpc) is 2.92. The van der Waals surface area contributed by atoms with E-state index in [4.69, 9.17) is 0 Å². The summed E-state index contributed by atoms with van der Waals surface area (Å²) in [6.07, 6.45) is 2.23. The van der Waals surface area contributed by atoms with Crippen LogP contribution in [0.4, 0.5) is 0 Å². The number of aliphatic imine (C=N–C) groups is 1. The fraction of sp³-hybridized carbons (Fsp3) is 0.357. The monoisotopic (exact) mass is 227 g/mol. The molecule has 1 aliphatic heterocycles. The van der Waals surface area contributed by atoms with Crippen LogP contribution in [0.15, 0.2) is 35.5 Å². The van der Waals surface area contributed by atoms with Crippen LogP contribution in [-0.4, -0.2) is 35.4 Å². The van der Waals surface area contributed by atoms with Gasteiger partial charge in [0.1, 0.15) is 5.84 Å². The van der Waals surface area contributed by atoms with Crippen molar-refractivity contribution < 1.29 is 0 Å². The molecule has 0 amide bonds. The van der Waals surface area contributed by atoms with Crippen molar-refractivity contribution in [1.29, 1.82) is 0 Å². The number of benzene rings is 1. The van der Waals surface area contributed by atoms with Crippen molar-refractivity contribution in [3.63, 3.8) is 0 Å². The summed E-state index contributed by atoms with van der Waals surface area (Å²) in [5.41, 5.74) is 2.57. The van der Waals surface area contributed by atoms with Crippen molar-refractivity contribution in [2.75, 3.05) is 20.1 Å². The van der Waals surface area contributed by atoms with Gasteiger partial charge in [0, 0.05) is 42.8 Å². The van der Waals surface area contributed by atoms with E-state index in [0.29, 0.717) is 0 Å². The lowest BCUT2D eigenvalue weighted by Gasteiger charge is -2.12. The molecule has 3 rings (SSSR count). The summed E-state index contributed by atoms with van der Waals surface area (Å²) in [6, 6.07) is 8.56. The average molecular weight is 227 g/mol. The standard InChI is InChI=1S/C14H17N3/c1-3-17-10-12(14-15-8-9-16(14)2)11-6-4-5-7-13(11)17/h4-7,10H,3,8-9H2,1-2H3. The molecule has 2 aromatic rings. The van der Waals surface area contributed by atoms with Crippen LogP contribution in [0.3, 0.4) is 0 Å². The number of hydrogen-bond acceptors (Lipinski definition) is 2. The molecule has 0 bridgehead atoms. The van der Waals surface area contributed by atoms with Gasteiger partial charge in [0.2, 0.25) is 0 Å². The molecule has 0 unspecified atom stereocenters. The van der Waals surface area contributed by atoms with Gasteiger partial charge >= 0.3 is 0 Å². The Labute approximate surface area is 101 Å². The van der Waals surface area contributed by atoms with Crippen molar-refractivity contribution >= 4 is 16.7 Å². The molecule has 1 aromatic heterocycles. The molecular weight excluding hydrogens is 210 g/mol. The van der Waals surface area contributed by atoms with E-state index < -0.39 is 0 Å². The highest BCUT2D eigenvalue weighted by Crippen LogP contribution is 2.23. The number of aromatic nitrogens is 1. The van der Waals surface area contributed by atoms with Gasteiger partial charge in [0.05, 0.1) is 6.54 Å². The van der Waals surface area contributed by atoms with Crippen LogP contribution in [0.5, 0.6) is 0 Å². The zero-order valence-electron chi connectivity index (χ0n) is 10.3. The molecule has 3 nitrogen and oxygen atoms in total. The Balaban J connectivity index is 2.23. The number of amidine groups is 1. The Morgan fingerprint density at radius 2 is 2.12 bits per heavy atom. The molecule has 0 saturated heterocycles. The predicted molar refractivity (Wildman–Crippen MR) is 71.6 cm³/mol. The second-order valence-corrected chi connectivity index (χ2v) is 4.47. The van der Waals surface area contributed by atoms with Crippen LogP contribution in [0.1, 0.15) is 12.5 Å². The quantitative estimate of drug-likeness (QED) is 0.771. The molecule has 0 N–H and O–H groups in total. The number of likely N-dealkylation sites (N-methyl/N-ethyl adjacent to an activating group) is 1. The number of fused-ring (bicyclic) bond motifs is 1. The Kier molecular flexibility index (Phi) is 2.39. The van der Waals surface area contributed by atoms with Crippen molar-refractivity contribution in [2.45, 2.75) is 13.5 Å². The third-order valence-electron chi connectivity index (χ3n) is 3.43. The first-order chi connectivity index (χ1) is 8.31. The Morgan fingerprint density at radius 3 is 2.82 bits per heavy atom. The van der Waals surface area contributed by atoms with Crippen LogP contribution < -0.4 is 0 Å². The summed E-state index contributed by atoms with van der Waals surface area (Å²) in [5, 5.41) is 1.31. The lowest BCUT2D eigenvalue weighted by atomic mass is 10.1. The molecule has 1 aliphatic rings. The largest absolute Gasteiger partial charge is 0.358 e. The number of nitrogens with zero attached hydrogens (tertiary/aromatic N) is 3. The van der Waals surface area contributed by atoms with Gasteiger partial charge in [-0.2, -0.15) is 0 Å². The van der Waals surface area contributed by atoms with Gasteiger partial charge in [-0.1, -0.05) is 18.2 Å². The Hall–Kier alpha value is -1.77. The van der Waals surface area contributed by atoms with Gasteiger partial charge in [-0.3, -0.25) is 4.99 Å². The lowest BCUT2D eigenvalue weighted by molar-refractivity contribution is 0.557. The molecule has 1 aromatic carbocycles. The fourth-order valence-corrected chi connectivity index (χ4v) is 2.51. The predicted octanol–water partition coefficient (Wildman–Crippen LogP) is 2.35. The minimum Gasteiger partial charge on any atom is -0.358 e. The van der Waals surface area contributed by atoms with Gasteiger partial charge < -0.3 is 9.47 Å². The fourth-order valence-electron chi connectivity index (χ4n) is 2.51. The molecule has 17 heavy (non-hydrogen) atoms. The van der Waals surface area contributed by atoms with Gasteiger partial charge in [0.25, 0.3) is 0 Å². The summed E-state index contributed by atoms with van der Waals surface area (Å²) in [5.74, 6) is 1.13. The van der Waals surface area contributed by atoms with E-state index in [9.17, 15) is 0 Å². The van der Waals surface area contributed by atoms with E-state index in [-0.39, 0.29) is 0 Å². The Bertz CT molecular complexity index is 580. The van der Waals surface area contributed by atoms with Gasteiger partial charge in [-0.25, -0.2) is 0 Å². The first-order valence-corrected chi connectivity index (χ1v) is 6.15. The maximum absolute atomic E-state index is 4.61. The second-order valence-electron chi connectivity index (χ2n) is 4.47. The van der Waals surface area contributed by atoms with Crippen molar-refractivity contribution in [1.82, 2.24) is 9.47 Å². The summed E-state index contributed by atoms with van der Waals surface area (Å²) in [4.78, 5) is 6.85. The zero-order chi connectivity index (χ0) is 11.8. The van der Waals surface area contributed by atoms with E-state index >= 15 is 0 Å². The first-order valence-electron chi connectivity index (χ1n) is 6.15. The van der Waals surface area contributed by atoms with Gasteiger partial charge in [0.15, 0.2) is 0 Å². The zero-order valence-corrected chi connectivity index (χ0v) is 10.3. The molecule has 3 heteroatoms. The highest BCUT2D eigenvalue weighted by atomic mass is 15.2. The SMILES string of the molecule is CCn1cc(C2=NCCN2C)c2ccccc21. The maximum atomic E-state index is 4.61. The summed E-state index contributed by atoms with van der Waals surface area (Å²) < 4.78 is 2.29. The van der Waals surface area contributed by atoms with Crippen molar-refractivity contribution in [2.24, 2.45) is 4.99 Å². The molecular formula is C14H17N3. The van der Waals surface area contributed by atoms with Gasteiger partial charge in [-0.05, 0) is 13.0 Å². The Morgan fingerprint density at radius 1 is 1.29 bits per heavy atom. The molecule has 0 fully saturated rings. The number of para-hydroxylation sites is 1. The van der Waals surface area contributed by atoms with Crippen molar-refractivity contribution in [3.8, 4) is 0 Å². The van der Waals surface area contributed by atoms with Crippen LogP contribution in [0, 0.1) is 0 Å². The molecule has 0 aliphatic carbocycles. The highest BCUT2D eigenvalue weighted by Gasteiger charge is 2.18. The highest BCUT2D eigenvalue weighted by molar-refractivity contribution is 6.10. The van der Waals surface area contributed by atoms with E-state index in [2.05, 4.69) is 58.9 Å². The summed E-state index contributed by atoms with van der Waals surface area (Å²) in [6.45, 7) is 5.12. The van der Waals surface area contributed by atoms with E-state index in [1.165, 1.54) is 16.5 Å². The number of hydrogen-bond donors (Lipinski definition) is 0. The van der Waals surface area contributed by atoms with Crippen LogP contribution >= 0.6 is 0 Å². The molecule has 0 radical (unpaired) electrons. The summed E-state index contributed by atoms with van der Waals surface area (Å²) >= 11 is 0. The van der Waals surface area contributed by atoms with Crippen LogP contribution in [0.2, 0.25) is 0 Å². The third kappa shape index (κ3) is 1.54.